The molecule has 2 unspecified atom stereocenters. The summed E-state index contributed by atoms with van der Waals surface area (Å²) in [6.45, 7) is 1.58. The number of rotatable bonds is 8. The lowest BCUT2D eigenvalue weighted by Crippen LogP contribution is -2.28. The number of nitrogens with one attached hydrogen (secondary N) is 1. The Hall–Kier alpha value is -2.12. The Morgan fingerprint density at radius 2 is 1.86 bits per heavy atom. The van der Waals surface area contributed by atoms with Crippen molar-refractivity contribution in [2.45, 2.75) is 25.6 Å². The van der Waals surface area contributed by atoms with Crippen LogP contribution in [0.25, 0.3) is 0 Å². The van der Waals surface area contributed by atoms with Crippen molar-refractivity contribution in [3.05, 3.63) is 23.3 Å². The molecule has 7 heteroatoms. The Bertz CT molecular complexity index is 531. The van der Waals surface area contributed by atoms with E-state index in [9.17, 15) is 19.8 Å². The van der Waals surface area contributed by atoms with Crippen molar-refractivity contribution in [3.8, 4) is 11.5 Å². The van der Waals surface area contributed by atoms with Gasteiger partial charge in [0.2, 0.25) is 5.91 Å². The van der Waals surface area contributed by atoms with Crippen LogP contribution in [-0.2, 0) is 4.79 Å². The molecule has 1 amide bonds. The molecule has 0 fully saturated rings. The standard InChI is InChI=1S/C15H21NO6/c1-9(18)16-5-4-12(19)15(20)11-7-14(22-3)13(21-2)6-10(11)8-17/h6-8,12,15,19-20H,4-5H2,1-3H3,(H,16,18). The van der Waals surface area contributed by atoms with Gasteiger partial charge in [0.1, 0.15) is 6.10 Å². The number of amides is 1. The highest BCUT2D eigenvalue weighted by molar-refractivity contribution is 5.79. The monoisotopic (exact) mass is 311 g/mol. The third-order valence-corrected chi connectivity index (χ3v) is 3.21. The van der Waals surface area contributed by atoms with E-state index in [2.05, 4.69) is 5.32 Å². The highest BCUT2D eigenvalue weighted by Gasteiger charge is 2.23. The van der Waals surface area contributed by atoms with Crippen molar-refractivity contribution in [2.24, 2.45) is 0 Å². The fourth-order valence-electron chi connectivity index (χ4n) is 2.03. The fourth-order valence-corrected chi connectivity index (χ4v) is 2.03. The molecule has 0 aromatic heterocycles. The third-order valence-electron chi connectivity index (χ3n) is 3.21. The minimum absolute atomic E-state index is 0.146. The van der Waals surface area contributed by atoms with Gasteiger partial charge < -0.3 is 25.0 Å². The predicted octanol–water partition coefficient (Wildman–Crippen LogP) is 0.437. The van der Waals surface area contributed by atoms with E-state index in [0.717, 1.165) is 0 Å². The minimum atomic E-state index is -1.28. The van der Waals surface area contributed by atoms with E-state index in [1.54, 1.807) is 0 Å². The third kappa shape index (κ3) is 4.44. The van der Waals surface area contributed by atoms with E-state index >= 15 is 0 Å². The lowest BCUT2D eigenvalue weighted by molar-refractivity contribution is -0.119. The molecular formula is C15H21NO6. The van der Waals surface area contributed by atoms with Crippen molar-refractivity contribution in [3.63, 3.8) is 0 Å². The first kappa shape index (κ1) is 17.9. The number of aliphatic hydroxyl groups excluding tert-OH is 2. The van der Waals surface area contributed by atoms with Crippen LogP contribution in [0.3, 0.4) is 0 Å². The summed E-state index contributed by atoms with van der Waals surface area (Å²) in [6, 6.07) is 2.89. The molecule has 0 radical (unpaired) electrons. The molecular weight excluding hydrogens is 290 g/mol. The molecule has 0 aliphatic carbocycles. The molecule has 1 aromatic rings. The van der Waals surface area contributed by atoms with E-state index in [1.165, 1.54) is 33.3 Å². The Labute approximate surface area is 128 Å². The quantitative estimate of drug-likeness (QED) is 0.602. The Balaban J connectivity index is 2.97. The molecule has 7 nitrogen and oxygen atoms in total. The summed E-state index contributed by atoms with van der Waals surface area (Å²) >= 11 is 0. The summed E-state index contributed by atoms with van der Waals surface area (Å²) in [6.07, 6.45) is -1.70. The molecule has 0 saturated heterocycles. The van der Waals surface area contributed by atoms with Gasteiger partial charge in [0.05, 0.1) is 20.3 Å². The van der Waals surface area contributed by atoms with Crippen molar-refractivity contribution in [1.82, 2.24) is 5.32 Å². The number of hydrogen-bond donors (Lipinski definition) is 3. The van der Waals surface area contributed by atoms with E-state index < -0.39 is 12.2 Å². The van der Waals surface area contributed by atoms with E-state index in [1.807, 2.05) is 0 Å². The number of hydrogen-bond acceptors (Lipinski definition) is 6. The molecule has 1 aromatic carbocycles. The van der Waals surface area contributed by atoms with Gasteiger partial charge >= 0.3 is 0 Å². The molecule has 1 rings (SSSR count). The van der Waals surface area contributed by atoms with Gasteiger partial charge in [-0.25, -0.2) is 0 Å². The molecule has 0 heterocycles. The second-order valence-corrected chi connectivity index (χ2v) is 4.74. The van der Waals surface area contributed by atoms with Crippen LogP contribution in [0.4, 0.5) is 0 Å². The van der Waals surface area contributed by atoms with Crippen molar-refractivity contribution >= 4 is 12.2 Å². The van der Waals surface area contributed by atoms with Crippen LogP contribution < -0.4 is 14.8 Å². The lowest BCUT2D eigenvalue weighted by atomic mass is 9.97. The predicted molar refractivity (Wildman–Crippen MR) is 79.2 cm³/mol. The smallest absolute Gasteiger partial charge is 0.216 e. The van der Waals surface area contributed by atoms with Gasteiger partial charge in [0, 0.05) is 19.0 Å². The average molecular weight is 311 g/mol. The van der Waals surface area contributed by atoms with E-state index in [0.29, 0.717) is 17.8 Å². The number of carbonyl (C=O) groups excluding carboxylic acids is 2. The minimum Gasteiger partial charge on any atom is -0.493 e. The first-order valence-corrected chi connectivity index (χ1v) is 6.76. The van der Waals surface area contributed by atoms with Crippen LogP contribution in [0.1, 0.15) is 35.4 Å². The topological polar surface area (TPSA) is 105 Å². The van der Waals surface area contributed by atoms with Crippen molar-refractivity contribution in [1.29, 1.82) is 0 Å². The van der Waals surface area contributed by atoms with Gasteiger partial charge in [-0.05, 0) is 24.1 Å². The summed E-state index contributed by atoms with van der Waals surface area (Å²) in [5.74, 6) is 0.478. The van der Waals surface area contributed by atoms with Crippen LogP contribution in [0.15, 0.2) is 12.1 Å². The zero-order valence-electron chi connectivity index (χ0n) is 12.8. The maximum atomic E-state index is 11.2. The molecule has 0 bridgehead atoms. The highest BCUT2D eigenvalue weighted by atomic mass is 16.5. The highest BCUT2D eigenvalue weighted by Crippen LogP contribution is 2.33. The number of benzene rings is 1. The first-order valence-electron chi connectivity index (χ1n) is 6.76. The fraction of sp³-hybridized carbons (Fsp3) is 0.467. The van der Waals surface area contributed by atoms with Crippen LogP contribution in [0, 0.1) is 0 Å². The lowest BCUT2D eigenvalue weighted by Gasteiger charge is -2.21. The Morgan fingerprint density at radius 1 is 1.27 bits per heavy atom. The summed E-state index contributed by atoms with van der Waals surface area (Å²) < 4.78 is 10.2. The molecule has 0 aliphatic heterocycles. The van der Waals surface area contributed by atoms with Gasteiger partial charge in [-0.1, -0.05) is 0 Å². The Morgan fingerprint density at radius 3 is 2.36 bits per heavy atom. The number of aliphatic hydroxyl groups is 2. The van der Waals surface area contributed by atoms with Crippen molar-refractivity contribution in [2.75, 3.05) is 20.8 Å². The van der Waals surface area contributed by atoms with E-state index in [4.69, 9.17) is 9.47 Å². The van der Waals surface area contributed by atoms with Gasteiger partial charge in [-0.15, -0.1) is 0 Å². The van der Waals surface area contributed by atoms with Crippen LogP contribution in [0.2, 0.25) is 0 Å². The zero-order valence-corrected chi connectivity index (χ0v) is 12.8. The van der Waals surface area contributed by atoms with Crippen molar-refractivity contribution < 1.29 is 29.3 Å². The number of methoxy groups -OCH3 is 2. The molecule has 0 aliphatic rings. The molecule has 3 N–H and O–H groups in total. The Kier molecular flexibility index (Phi) is 6.81. The largest absolute Gasteiger partial charge is 0.493 e. The number of aldehydes is 1. The molecule has 0 spiro atoms. The van der Waals surface area contributed by atoms with E-state index in [-0.39, 0.29) is 30.0 Å². The number of carbonyl (C=O) groups is 2. The maximum Gasteiger partial charge on any atom is 0.216 e. The molecule has 122 valence electrons. The normalized spacial score (nSPS) is 13.1. The van der Waals surface area contributed by atoms with Gasteiger partial charge in [0.15, 0.2) is 17.8 Å². The average Bonchev–Trinajstić information content (AvgIpc) is 2.52. The second-order valence-electron chi connectivity index (χ2n) is 4.74. The summed E-state index contributed by atoms with van der Waals surface area (Å²) in [5, 5.41) is 22.8. The molecule has 2 atom stereocenters. The first-order chi connectivity index (χ1) is 10.4. The maximum absolute atomic E-state index is 11.2. The number of ether oxygens (including phenoxy) is 2. The summed E-state index contributed by atoms with van der Waals surface area (Å²) in [5.41, 5.74) is 0.437. The molecule has 22 heavy (non-hydrogen) atoms. The summed E-state index contributed by atoms with van der Waals surface area (Å²) in [4.78, 5) is 22.0. The van der Waals surface area contributed by atoms with Gasteiger partial charge in [-0.2, -0.15) is 0 Å². The van der Waals surface area contributed by atoms with Gasteiger partial charge in [-0.3, -0.25) is 9.59 Å². The zero-order chi connectivity index (χ0) is 16.7. The SMILES string of the molecule is COc1cc(C=O)c(C(O)C(O)CCNC(C)=O)cc1OC. The molecule has 0 saturated carbocycles. The second kappa shape index (κ2) is 8.35. The van der Waals surface area contributed by atoms with Gasteiger partial charge in [0.25, 0.3) is 0 Å². The van der Waals surface area contributed by atoms with Crippen LogP contribution >= 0.6 is 0 Å². The van der Waals surface area contributed by atoms with Crippen LogP contribution in [-0.4, -0.2) is 49.3 Å². The summed E-state index contributed by atoms with van der Waals surface area (Å²) in [7, 11) is 2.87. The van der Waals surface area contributed by atoms with Crippen LogP contribution in [0.5, 0.6) is 11.5 Å².